The summed E-state index contributed by atoms with van der Waals surface area (Å²) in [5, 5.41) is 9.53. The maximum atomic E-state index is 11.9. The molecule has 0 spiro atoms. The molecule has 0 aliphatic carbocycles. The van der Waals surface area contributed by atoms with Crippen molar-refractivity contribution in [3.8, 4) is 0 Å². The lowest BCUT2D eigenvalue weighted by Crippen LogP contribution is -2.56. The van der Waals surface area contributed by atoms with Crippen molar-refractivity contribution in [2.45, 2.75) is 33.7 Å². The SMILES string of the molecule is CC(C)C(CNC(=O)C1CNCCN1)C(C)C. The Hall–Kier alpha value is -0.610. The molecule has 100 valence electrons. The minimum Gasteiger partial charge on any atom is -0.354 e. The van der Waals surface area contributed by atoms with Crippen molar-refractivity contribution in [1.82, 2.24) is 16.0 Å². The monoisotopic (exact) mass is 241 g/mol. The van der Waals surface area contributed by atoms with E-state index in [2.05, 4.69) is 43.6 Å². The summed E-state index contributed by atoms with van der Waals surface area (Å²) in [5.74, 6) is 1.89. The largest absolute Gasteiger partial charge is 0.354 e. The molecule has 1 aliphatic heterocycles. The molecule has 1 fully saturated rings. The Bertz CT molecular complexity index is 227. The summed E-state index contributed by atoms with van der Waals surface area (Å²) in [5.41, 5.74) is 0. The molecule has 1 aliphatic rings. The van der Waals surface area contributed by atoms with Crippen molar-refractivity contribution in [3.05, 3.63) is 0 Å². The Morgan fingerprint density at radius 3 is 2.35 bits per heavy atom. The van der Waals surface area contributed by atoms with Crippen molar-refractivity contribution in [2.75, 3.05) is 26.2 Å². The zero-order chi connectivity index (χ0) is 12.8. The van der Waals surface area contributed by atoms with Crippen LogP contribution in [0.3, 0.4) is 0 Å². The van der Waals surface area contributed by atoms with Gasteiger partial charge in [-0.1, -0.05) is 27.7 Å². The Labute approximate surface area is 105 Å². The van der Waals surface area contributed by atoms with Gasteiger partial charge in [-0.15, -0.1) is 0 Å². The Morgan fingerprint density at radius 1 is 1.24 bits per heavy atom. The molecule has 1 rings (SSSR count). The first kappa shape index (κ1) is 14.5. The highest BCUT2D eigenvalue weighted by Crippen LogP contribution is 2.19. The average molecular weight is 241 g/mol. The fraction of sp³-hybridized carbons (Fsp3) is 0.923. The standard InChI is InChI=1S/C13H27N3O/c1-9(2)11(10(3)4)7-16-13(17)12-8-14-5-6-15-12/h9-12,14-15H,5-8H2,1-4H3,(H,16,17). The normalized spacial score (nSPS) is 21.2. The van der Waals surface area contributed by atoms with E-state index in [9.17, 15) is 4.79 Å². The highest BCUT2D eigenvalue weighted by molar-refractivity contribution is 5.82. The molecule has 1 amide bonds. The molecule has 1 unspecified atom stereocenters. The van der Waals surface area contributed by atoms with Gasteiger partial charge in [0.15, 0.2) is 0 Å². The lowest BCUT2D eigenvalue weighted by Gasteiger charge is -2.28. The summed E-state index contributed by atoms with van der Waals surface area (Å²) < 4.78 is 0. The Kier molecular flexibility index (Phi) is 5.92. The lowest BCUT2D eigenvalue weighted by atomic mass is 9.85. The number of nitrogens with one attached hydrogen (secondary N) is 3. The number of carbonyl (C=O) groups excluding carboxylic acids is 1. The minimum absolute atomic E-state index is 0.0660. The predicted molar refractivity (Wildman–Crippen MR) is 70.8 cm³/mol. The molecule has 0 aromatic rings. The molecule has 0 bridgehead atoms. The molecule has 1 saturated heterocycles. The third-order valence-corrected chi connectivity index (χ3v) is 3.58. The first-order valence-electron chi connectivity index (χ1n) is 6.74. The molecular formula is C13H27N3O. The van der Waals surface area contributed by atoms with Gasteiger partial charge < -0.3 is 16.0 Å². The van der Waals surface area contributed by atoms with Crippen LogP contribution in [0.5, 0.6) is 0 Å². The maximum absolute atomic E-state index is 11.9. The molecule has 4 nitrogen and oxygen atoms in total. The zero-order valence-electron chi connectivity index (χ0n) is 11.5. The molecule has 0 saturated carbocycles. The summed E-state index contributed by atoms with van der Waals surface area (Å²) in [4.78, 5) is 11.9. The van der Waals surface area contributed by atoms with Crippen LogP contribution < -0.4 is 16.0 Å². The van der Waals surface area contributed by atoms with Gasteiger partial charge in [-0.05, 0) is 17.8 Å². The van der Waals surface area contributed by atoms with Crippen LogP contribution in [-0.2, 0) is 4.79 Å². The zero-order valence-corrected chi connectivity index (χ0v) is 11.5. The summed E-state index contributed by atoms with van der Waals surface area (Å²) in [6.07, 6.45) is 0. The molecule has 1 heterocycles. The van der Waals surface area contributed by atoms with Gasteiger partial charge >= 0.3 is 0 Å². The molecule has 17 heavy (non-hydrogen) atoms. The van der Waals surface area contributed by atoms with Gasteiger partial charge in [0.2, 0.25) is 5.91 Å². The maximum Gasteiger partial charge on any atom is 0.238 e. The molecule has 0 aromatic carbocycles. The van der Waals surface area contributed by atoms with Crippen molar-refractivity contribution in [3.63, 3.8) is 0 Å². The van der Waals surface area contributed by atoms with Crippen LogP contribution in [0.25, 0.3) is 0 Å². The smallest absolute Gasteiger partial charge is 0.238 e. The second-order valence-electron chi connectivity index (χ2n) is 5.61. The average Bonchev–Trinajstić information content (AvgIpc) is 2.29. The summed E-state index contributed by atoms with van der Waals surface area (Å²) in [6, 6.07) is -0.0660. The van der Waals surface area contributed by atoms with Crippen molar-refractivity contribution in [1.29, 1.82) is 0 Å². The van der Waals surface area contributed by atoms with E-state index >= 15 is 0 Å². The minimum atomic E-state index is -0.0660. The predicted octanol–water partition coefficient (Wildman–Crippen LogP) is 0.592. The van der Waals surface area contributed by atoms with Crippen LogP contribution in [0.4, 0.5) is 0 Å². The first-order valence-corrected chi connectivity index (χ1v) is 6.74. The second kappa shape index (κ2) is 6.97. The third-order valence-electron chi connectivity index (χ3n) is 3.58. The Balaban J connectivity index is 2.35. The van der Waals surface area contributed by atoms with Crippen LogP contribution in [0.1, 0.15) is 27.7 Å². The van der Waals surface area contributed by atoms with Gasteiger partial charge in [0, 0.05) is 26.2 Å². The van der Waals surface area contributed by atoms with E-state index in [0.29, 0.717) is 17.8 Å². The number of amides is 1. The van der Waals surface area contributed by atoms with Gasteiger partial charge in [0.1, 0.15) is 0 Å². The van der Waals surface area contributed by atoms with Gasteiger partial charge in [-0.3, -0.25) is 4.79 Å². The number of rotatable bonds is 5. The van der Waals surface area contributed by atoms with Gasteiger partial charge in [-0.2, -0.15) is 0 Å². The van der Waals surface area contributed by atoms with Gasteiger partial charge in [-0.25, -0.2) is 0 Å². The quantitative estimate of drug-likeness (QED) is 0.660. The van der Waals surface area contributed by atoms with Crippen molar-refractivity contribution < 1.29 is 4.79 Å². The number of piperazine rings is 1. The van der Waals surface area contributed by atoms with E-state index in [4.69, 9.17) is 0 Å². The molecule has 0 aromatic heterocycles. The van der Waals surface area contributed by atoms with Crippen LogP contribution >= 0.6 is 0 Å². The van der Waals surface area contributed by atoms with Crippen LogP contribution in [0.2, 0.25) is 0 Å². The van der Waals surface area contributed by atoms with E-state index < -0.39 is 0 Å². The van der Waals surface area contributed by atoms with E-state index in [1.165, 1.54) is 0 Å². The van der Waals surface area contributed by atoms with Crippen molar-refractivity contribution in [2.24, 2.45) is 17.8 Å². The lowest BCUT2D eigenvalue weighted by molar-refractivity contribution is -0.123. The topological polar surface area (TPSA) is 53.2 Å². The van der Waals surface area contributed by atoms with Crippen LogP contribution in [0, 0.1) is 17.8 Å². The van der Waals surface area contributed by atoms with E-state index in [0.717, 1.165) is 26.2 Å². The number of carbonyl (C=O) groups is 1. The van der Waals surface area contributed by atoms with E-state index in [-0.39, 0.29) is 11.9 Å². The van der Waals surface area contributed by atoms with Crippen LogP contribution in [-0.4, -0.2) is 38.1 Å². The van der Waals surface area contributed by atoms with Gasteiger partial charge in [0.05, 0.1) is 6.04 Å². The van der Waals surface area contributed by atoms with E-state index in [1.54, 1.807) is 0 Å². The highest BCUT2D eigenvalue weighted by Gasteiger charge is 2.23. The summed E-state index contributed by atoms with van der Waals surface area (Å²) >= 11 is 0. The van der Waals surface area contributed by atoms with Crippen molar-refractivity contribution >= 4 is 5.91 Å². The van der Waals surface area contributed by atoms with E-state index in [1.807, 2.05) is 0 Å². The van der Waals surface area contributed by atoms with Crippen LogP contribution in [0.15, 0.2) is 0 Å². The van der Waals surface area contributed by atoms with Gasteiger partial charge in [0.25, 0.3) is 0 Å². The number of hydrogen-bond acceptors (Lipinski definition) is 3. The fourth-order valence-electron chi connectivity index (χ4n) is 2.42. The molecular weight excluding hydrogens is 214 g/mol. The molecule has 1 atom stereocenters. The fourth-order valence-corrected chi connectivity index (χ4v) is 2.42. The molecule has 4 heteroatoms. The Morgan fingerprint density at radius 2 is 1.88 bits per heavy atom. The summed E-state index contributed by atoms with van der Waals surface area (Å²) in [6.45, 7) is 12.2. The molecule has 0 radical (unpaired) electrons. The number of hydrogen-bond donors (Lipinski definition) is 3. The summed E-state index contributed by atoms with van der Waals surface area (Å²) in [7, 11) is 0. The third kappa shape index (κ3) is 4.64. The highest BCUT2D eigenvalue weighted by atomic mass is 16.2. The first-order chi connectivity index (χ1) is 8.02. The molecule has 3 N–H and O–H groups in total. The second-order valence-corrected chi connectivity index (χ2v) is 5.61.